The van der Waals surface area contributed by atoms with Crippen LogP contribution in [0, 0.1) is 0 Å². The fourth-order valence-corrected chi connectivity index (χ4v) is 0. The van der Waals surface area contributed by atoms with Crippen LogP contribution in [-0.2, 0) is 0 Å². The van der Waals surface area contributed by atoms with Gasteiger partial charge in [-0.05, 0) is 7.05 Å². The predicted octanol–water partition coefficient (Wildman–Crippen LogP) is -0.127. The molecule has 0 saturated carbocycles. The molecule has 0 aromatic heterocycles. The molecule has 1 nitrogen and oxygen atoms in total. The molecule has 0 spiro atoms. The van der Waals surface area contributed by atoms with E-state index in [0.717, 1.165) is 0 Å². The normalized spacial score (nSPS) is 6.50. The average Bonchev–Trinajstić information content (AvgIpc) is 1.37. The molecule has 4 heavy (non-hydrogen) atoms. The van der Waals surface area contributed by atoms with E-state index in [-0.39, 0.29) is 0 Å². The highest BCUT2D eigenvalue weighted by Gasteiger charge is 1.57. The van der Waals surface area contributed by atoms with E-state index < -0.39 is 0 Å². The van der Waals surface area contributed by atoms with Crippen molar-refractivity contribution < 1.29 is 0 Å². The fraction of sp³-hybridized carbons (Fsp3) is 1.00. The summed E-state index contributed by atoms with van der Waals surface area (Å²) in [5, 5.41) is 2.81. The van der Waals surface area contributed by atoms with E-state index in [1.54, 1.807) is 0 Å². The number of nitrogens with one attached hydrogen (secondary N) is 1. The first kappa shape index (κ1) is 4.02. The minimum absolute atomic E-state index is 1.88. The zero-order valence-corrected chi connectivity index (χ0v) is 3.08. The van der Waals surface area contributed by atoms with Gasteiger partial charge in [-0.15, -0.1) is 0 Å². The van der Waals surface area contributed by atoms with Gasteiger partial charge < -0.3 is 5.23 Å². The van der Waals surface area contributed by atoms with Gasteiger partial charge in [0.1, 0.15) is 0 Å². The summed E-state index contributed by atoms with van der Waals surface area (Å²) in [5.41, 5.74) is 0. The fourth-order valence-electron chi connectivity index (χ4n) is 0. The van der Waals surface area contributed by atoms with Gasteiger partial charge in [-0.3, -0.25) is 0 Å². The van der Waals surface area contributed by atoms with E-state index in [9.17, 15) is 0 Å². The van der Waals surface area contributed by atoms with Crippen molar-refractivity contribution in [2.45, 2.75) is 6.82 Å². The van der Waals surface area contributed by atoms with Crippen LogP contribution in [0.4, 0.5) is 0 Å². The highest BCUT2D eigenvalue weighted by atomic mass is 14.7. The van der Waals surface area contributed by atoms with Crippen molar-refractivity contribution in [1.82, 2.24) is 5.23 Å². The molecular formula is C2H7BN. The highest BCUT2D eigenvalue weighted by Crippen LogP contribution is 1.30. The Morgan fingerprint density at radius 1 is 1.75 bits per heavy atom. The Hall–Kier alpha value is 0.0249. The Morgan fingerprint density at radius 3 is 2.00 bits per heavy atom. The molecule has 23 valence electrons. The van der Waals surface area contributed by atoms with Crippen molar-refractivity contribution in [2.24, 2.45) is 0 Å². The standard InChI is InChI=1S/C2H7BN/c1-3-4-2/h4H,1-2H3. The summed E-state index contributed by atoms with van der Waals surface area (Å²) < 4.78 is 0. The second-order valence-corrected chi connectivity index (χ2v) is 0.577. The lowest BCUT2D eigenvalue weighted by Crippen LogP contribution is -2.06. The average molecular weight is 55.9 g/mol. The zero-order valence-electron chi connectivity index (χ0n) is 3.08. The lowest BCUT2D eigenvalue weighted by molar-refractivity contribution is 1.25. The van der Waals surface area contributed by atoms with E-state index >= 15 is 0 Å². The molecule has 0 aliphatic carbocycles. The van der Waals surface area contributed by atoms with Gasteiger partial charge in [-0.1, -0.05) is 6.82 Å². The number of hydrogen-bond acceptors (Lipinski definition) is 1. The van der Waals surface area contributed by atoms with Crippen LogP contribution in [0.2, 0.25) is 6.82 Å². The quantitative estimate of drug-likeness (QED) is 0.412. The first-order chi connectivity index (χ1) is 1.91. The molecule has 0 bridgehead atoms. The lowest BCUT2D eigenvalue weighted by atomic mass is 10.0. The van der Waals surface area contributed by atoms with Crippen LogP contribution in [-0.4, -0.2) is 14.5 Å². The molecule has 1 N–H and O–H groups in total. The molecule has 0 aliphatic rings. The Bertz CT molecular complexity index is 8.00. The first-order valence-electron chi connectivity index (χ1n) is 1.37. The number of hydrogen-bond donors (Lipinski definition) is 1. The molecule has 0 aliphatic heterocycles. The van der Waals surface area contributed by atoms with Crippen LogP contribution >= 0.6 is 0 Å². The summed E-state index contributed by atoms with van der Waals surface area (Å²) in [4.78, 5) is 0. The van der Waals surface area contributed by atoms with E-state index in [1.165, 1.54) is 0 Å². The van der Waals surface area contributed by atoms with Crippen molar-refractivity contribution in [2.75, 3.05) is 7.05 Å². The van der Waals surface area contributed by atoms with Gasteiger partial charge in [0.25, 0.3) is 0 Å². The molecule has 0 rings (SSSR count). The second-order valence-electron chi connectivity index (χ2n) is 0.577. The number of rotatable bonds is 1. The summed E-state index contributed by atoms with van der Waals surface area (Å²) in [5.74, 6) is 0. The summed E-state index contributed by atoms with van der Waals surface area (Å²) >= 11 is 0. The molecule has 0 saturated heterocycles. The molecular weight excluding hydrogens is 48.8 g/mol. The molecule has 0 fully saturated rings. The van der Waals surface area contributed by atoms with Crippen LogP contribution in [0.3, 0.4) is 0 Å². The van der Waals surface area contributed by atoms with Gasteiger partial charge in [0, 0.05) is 0 Å². The Labute approximate surface area is 27.7 Å². The third-order valence-electron chi connectivity index (χ3n) is 0.289. The van der Waals surface area contributed by atoms with Crippen LogP contribution in [0.1, 0.15) is 0 Å². The van der Waals surface area contributed by atoms with Crippen molar-refractivity contribution in [3.63, 3.8) is 0 Å². The van der Waals surface area contributed by atoms with Gasteiger partial charge in [0.15, 0.2) is 0 Å². The Kier molecular flexibility index (Phi) is 3.04. The molecule has 2 heteroatoms. The Morgan fingerprint density at radius 2 is 2.00 bits per heavy atom. The maximum absolute atomic E-state index is 2.81. The predicted molar refractivity (Wildman–Crippen MR) is 20.7 cm³/mol. The van der Waals surface area contributed by atoms with Crippen LogP contribution < -0.4 is 5.23 Å². The summed E-state index contributed by atoms with van der Waals surface area (Å²) in [6.07, 6.45) is 0. The topological polar surface area (TPSA) is 12.0 Å². The molecule has 0 heterocycles. The van der Waals surface area contributed by atoms with Gasteiger partial charge in [-0.2, -0.15) is 0 Å². The summed E-state index contributed by atoms with van der Waals surface area (Å²) in [6, 6.07) is 0. The van der Waals surface area contributed by atoms with Gasteiger partial charge in [0.05, 0.1) is 0 Å². The smallest absolute Gasteiger partial charge is 0.201 e. The highest BCUT2D eigenvalue weighted by molar-refractivity contribution is 6.29. The second kappa shape index (κ2) is 3.02. The van der Waals surface area contributed by atoms with Crippen molar-refractivity contribution in [3.8, 4) is 0 Å². The summed E-state index contributed by atoms with van der Waals surface area (Å²) in [7, 11) is 3.75. The molecule has 0 aromatic carbocycles. The molecule has 0 amide bonds. The zero-order chi connectivity index (χ0) is 3.41. The maximum Gasteiger partial charge on any atom is 0.201 e. The SMILES string of the molecule is C[B]NC. The van der Waals surface area contributed by atoms with Crippen LogP contribution in [0.25, 0.3) is 0 Å². The van der Waals surface area contributed by atoms with Gasteiger partial charge in [-0.25, -0.2) is 0 Å². The monoisotopic (exact) mass is 56.1 g/mol. The Balaban J connectivity index is 1.97. The minimum atomic E-state index is 1.88. The van der Waals surface area contributed by atoms with Crippen molar-refractivity contribution >= 4 is 7.41 Å². The van der Waals surface area contributed by atoms with E-state index in [0.29, 0.717) is 0 Å². The lowest BCUT2D eigenvalue weighted by Gasteiger charge is -1.72. The van der Waals surface area contributed by atoms with Gasteiger partial charge in [0.2, 0.25) is 7.41 Å². The molecule has 0 atom stereocenters. The van der Waals surface area contributed by atoms with E-state index in [4.69, 9.17) is 0 Å². The largest absolute Gasteiger partial charge is 0.363 e. The van der Waals surface area contributed by atoms with Gasteiger partial charge >= 0.3 is 0 Å². The third-order valence-corrected chi connectivity index (χ3v) is 0.289. The minimum Gasteiger partial charge on any atom is -0.363 e. The van der Waals surface area contributed by atoms with E-state index in [1.807, 2.05) is 21.3 Å². The first-order valence-corrected chi connectivity index (χ1v) is 1.37. The van der Waals surface area contributed by atoms with Crippen LogP contribution in [0.5, 0.6) is 0 Å². The third kappa shape index (κ3) is 2.02. The van der Waals surface area contributed by atoms with E-state index in [2.05, 4.69) is 5.23 Å². The molecule has 0 aromatic rings. The van der Waals surface area contributed by atoms with Crippen molar-refractivity contribution in [1.29, 1.82) is 0 Å². The van der Waals surface area contributed by atoms with Crippen molar-refractivity contribution in [3.05, 3.63) is 0 Å². The molecule has 0 unspecified atom stereocenters. The summed E-state index contributed by atoms with van der Waals surface area (Å²) in [6.45, 7) is 1.94. The maximum atomic E-state index is 2.81. The molecule has 1 radical (unpaired) electrons. The van der Waals surface area contributed by atoms with Crippen LogP contribution in [0.15, 0.2) is 0 Å².